The molecule has 0 saturated carbocycles. The van der Waals surface area contributed by atoms with Gasteiger partial charge in [0.15, 0.2) is 0 Å². The van der Waals surface area contributed by atoms with E-state index in [-0.39, 0.29) is 5.92 Å². The molecule has 0 radical (unpaired) electrons. The first-order valence-electron chi connectivity index (χ1n) is 9.34. The molecule has 3 aromatic rings. The van der Waals surface area contributed by atoms with Gasteiger partial charge in [0.25, 0.3) is 0 Å². The van der Waals surface area contributed by atoms with E-state index >= 15 is 0 Å². The second-order valence-corrected chi connectivity index (χ2v) is 8.10. The largest absolute Gasteiger partial charge is 0.449 e. The molecule has 1 aliphatic rings. The normalized spacial score (nSPS) is 12.6. The van der Waals surface area contributed by atoms with E-state index in [1.165, 1.54) is 22.3 Å². The average Bonchev–Trinajstić information content (AvgIpc) is 3.06. The smallest absolute Gasteiger partial charge is 0.407 e. The SMILES string of the molecule is O=C(NCC=Cc1cc(Br)ccc1Cl)OCC1c2ccccc2-c2ccccc21. The third kappa shape index (κ3) is 4.39. The first-order valence-corrected chi connectivity index (χ1v) is 10.5. The maximum atomic E-state index is 12.2. The van der Waals surface area contributed by atoms with Crippen LogP contribution in [-0.4, -0.2) is 19.2 Å². The number of fused-ring (bicyclic) bond motifs is 3. The average molecular weight is 469 g/mol. The molecule has 5 heteroatoms. The molecule has 29 heavy (non-hydrogen) atoms. The van der Waals surface area contributed by atoms with E-state index in [0.29, 0.717) is 18.2 Å². The van der Waals surface area contributed by atoms with Crippen molar-refractivity contribution in [3.63, 3.8) is 0 Å². The Balaban J connectivity index is 1.34. The van der Waals surface area contributed by atoms with Crippen LogP contribution >= 0.6 is 27.5 Å². The lowest BCUT2D eigenvalue weighted by Crippen LogP contribution is -2.26. The van der Waals surface area contributed by atoms with Gasteiger partial charge in [0.2, 0.25) is 0 Å². The zero-order valence-electron chi connectivity index (χ0n) is 15.6. The van der Waals surface area contributed by atoms with E-state index in [9.17, 15) is 4.79 Å². The molecular weight excluding hydrogens is 450 g/mol. The lowest BCUT2D eigenvalue weighted by atomic mass is 9.98. The molecule has 3 aromatic carbocycles. The Labute approximate surface area is 183 Å². The van der Waals surface area contributed by atoms with Gasteiger partial charge in [-0.3, -0.25) is 0 Å². The number of carbonyl (C=O) groups excluding carboxylic acids is 1. The van der Waals surface area contributed by atoms with Crippen molar-refractivity contribution in [3.8, 4) is 11.1 Å². The zero-order chi connectivity index (χ0) is 20.2. The van der Waals surface area contributed by atoms with Crippen molar-refractivity contribution in [2.75, 3.05) is 13.2 Å². The van der Waals surface area contributed by atoms with E-state index in [1.54, 1.807) is 0 Å². The highest BCUT2D eigenvalue weighted by Gasteiger charge is 2.28. The van der Waals surface area contributed by atoms with Gasteiger partial charge in [0.1, 0.15) is 6.61 Å². The highest BCUT2D eigenvalue weighted by Crippen LogP contribution is 2.44. The zero-order valence-corrected chi connectivity index (χ0v) is 17.9. The van der Waals surface area contributed by atoms with Gasteiger partial charge < -0.3 is 10.1 Å². The molecule has 1 amide bonds. The van der Waals surface area contributed by atoms with Gasteiger partial charge in [-0.05, 0) is 46.0 Å². The van der Waals surface area contributed by atoms with Gasteiger partial charge in [-0.2, -0.15) is 0 Å². The topological polar surface area (TPSA) is 38.3 Å². The number of rotatable bonds is 5. The van der Waals surface area contributed by atoms with Crippen molar-refractivity contribution in [2.45, 2.75) is 5.92 Å². The molecule has 0 spiro atoms. The Hall–Kier alpha value is -2.56. The lowest BCUT2D eigenvalue weighted by Gasteiger charge is -2.14. The van der Waals surface area contributed by atoms with Gasteiger partial charge in [-0.25, -0.2) is 4.79 Å². The minimum absolute atomic E-state index is 0.0594. The summed E-state index contributed by atoms with van der Waals surface area (Å²) in [6.45, 7) is 0.667. The van der Waals surface area contributed by atoms with Crippen LogP contribution in [-0.2, 0) is 4.74 Å². The van der Waals surface area contributed by atoms with Gasteiger partial charge in [0, 0.05) is 22.0 Å². The number of carbonyl (C=O) groups is 1. The Morgan fingerprint density at radius 1 is 1.03 bits per heavy atom. The highest BCUT2D eigenvalue weighted by atomic mass is 79.9. The van der Waals surface area contributed by atoms with Crippen molar-refractivity contribution in [3.05, 3.63) is 99.0 Å². The van der Waals surface area contributed by atoms with Gasteiger partial charge in [0.05, 0.1) is 0 Å². The fraction of sp³-hybridized carbons (Fsp3) is 0.125. The number of amides is 1. The van der Waals surface area contributed by atoms with Crippen molar-refractivity contribution < 1.29 is 9.53 Å². The predicted octanol–water partition coefficient (Wildman–Crippen LogP) is 6.65. The van der Waals surface area contributed by atoms with Crippen molar-refractivity contribution >= 4 is 39.7 Å². The summed E-state index contributed by atoms with van der Waals surface area (Å²) in [7, 11) is 0. The summed E-state index contributed by atoms with van der Waals surface area (Å²) in [4.78, 5) is 12.2. The molecule has 1 N–H and O–H groups in total. The quantitative estimate of drug-likeness (QED) is 0.455. The fourth-order valence-electron chi connectivity index (χ4n) is 3.62. The van der Waals surface area contributed by atoms with Crippen molar-refractivity contribution in [2.24, 2.45) is 0 Å². The van der Waals surface area contributed by atoms with E-state index in [4.69, 9.17) is 16.3 Å². The Morgan fingerprint density at radius 2 is 1.69 bits per heavy atom. The van der Waals surface area contributed by atoms with Crippen LogP contribution in [0.2, 0.25) is 5.02 Å². The summed E-state index contributed by atoms with van der Waals surface area (Å²) in [6.07, 6.45) is 3.28. The summed E-state index contributed by atoms with van der Waals surface area (Å²) >= 11 is 9.58. The monoisotopic (exact) mass is 467 g/mol. The molecule has 0 atom stereocenters. The molecule has 0 aromatic heterocycles. The van der Waals surface area contributed by atoms with Gasteiger partial charge >= 0.3 is 6.09 Å². The number of alkyl carbamates (subject to hydrolysis) is 1. The molecule has 3 nitrogen and oxygen atoms in total. The summed E-state index contributed by atoms with van der Waals surface area (Å²) in [5.74, 6) is 0.0594. The molecule has 4 rings (SSSR count). The van der Waals surface area contributed by atoms with Crippen LogP contribution < -0.4 is 5.32 Å². The standard InChI is InChI=1S/C24H19BrClNO2/c25-17-11-12-23(26)16(14-17)6-5-13-27-24(28)29-15-22-20-9-3-1-7-18(20)19-8-2-4-10-21(19)22/h1-12,14,22H,13,15H2,(H,27,28). The number of halogens is 2. The van der Waals surface area contributed by atoms with Crippen LogP contribution in [0.4, 0.5) is 4.79 Å². The first kappa shape index (κ1) is 19.7. The van der Waals surface area contributed by atoms with Crippen LogP contribution in [0.25, 0.3) is 17.2 Å². The van der Waals surface area contributed by atoms with Gasteiger partial charge in [-0.1, -0.05) is 88.2 Å². The number of nitrogens with one attached hydrogen (secondary N) is 1. The van der Waals surface area contributed by atoms with Crippen LogP contribution in [0.15, 0.2) is 77.3 Å². The number of benzene rings is 3. The first-order chi connectivity index (χ1) is 14.1. The van der Waals surface area contributed by atoms with Crippen molar-refractivity contribution in [1.29, 1.82) is 0 Å². The third-order valence-corrected chi connectivity index (χ3v) is 5.80. The van der Waals surface area contributed by atoms with Crippen LogP contribution in [0.5, 0.6) is 0 Å². The van der Waals surface area contributed by atoms with E-state index in [1.807, 2.05) is 54.6 Å². The maximum Gasteiger partial charge on any atom is 0.407 e. The molecule has 1 aliphatic carbocycles. The van der Waals surface area contributed by atoms with Crippen LogP contribution in [0.1, 0.15) is 22.6 Å². The Bertz CT molecular complexity index is 1030. The molecule has 0 heterocycles. The number of hydrogen-bond acceptors (Lipinski definition) is 2. The van der Waals surface area contributed by atoms with E-state index < -0.39 is 6.09 Å². The predicted molar refractivity (Wildman–Crippen MR) is 121 cm³/mol. The van der Waals surface area contributed by atoms with Crippen LogP contribution in [0, 0.1) is 0 Å². The Morgan fingerprint density at radius 3 is 2.38 bits per heavy atom. The lowest BCUT2D eigenvalue weighted by molar-refractivity contribution is 0.144. The second-order valence-electron chi connectivity index (χ2n) is 6.77. The maximum absolute atomic E-state index is 12.2. The molecule has 0 unspecified atom stereocenters. The second kappa shape index (κ2) is 8.85. The highest BCUT2D eigenvalue weighted by molar-refractivity contribution is 9.10. The van der Waals surface area contributed by atoms with Gasteiger partial charge in [-0.15, -0.1) is 0 Å². The summed E-state index contributed by atoms with van der Waals surface area (Å²) in [5, 5.41) is 3.41. The minimum atomic E-state index is -0.433. The molecular formula is C24H19BrClNO2. The molecule has 146 valence electrons. The molecule has 0 bridgehead atoms. The minimum Gasteiger partial charge on any atom is -0.449 e. The third-order valence-electron chi connectivity index (χ3n) is 4.96. The van der Waals surface area contributed by atoms with Crippen LogP contribution in [0.3, 0.4) is 0 Å². The van der Waals surface area contributed by atoms with E-state index in [0.717, 1.165) is 10.0 Å². The molecule has 0 aliphatic heterocycles. The summed E-state index contributed by atoms with van der Waals surface area (Å²) in [5.41, 5.74) is 5.71. The number of hydrogen-bond donors (Lipinski definition) is 1. The number of ether oxygens (including phenoxy) is 1. The van der Waals surface area contributed by atoms with Crippen molar-refractivity contribution in [1.82, 2.24) is 5.32 Å². The Kier molecular flexibility index (Phi) is 6.02. The summed E-state index contributed by atoms with van der Waals surface area (Å²) in [6, 6.07) is 22.2. The molecule has 0 fully saturated rings. The fourth-order valence-corrected chi connectivity index (χ4v) is 4.18. The molecule has 0 saturated heterocycles. The summed E-state index contributed by atoms with van der Waals surface area (Å²) < 4.78 is 6.47. The van der Waals surface area contributed by atoms with E-state index in [2.05, 4.69) is 45.5 Å².